The topological polar surface area (TPSA) is 64.0 Å². The van der Waals surface area contributed by atoms with Gasteiger partial charge < -0.3 is 5.32 Å². The number of nitrogens with one attached hydrogen (secondary N) is 1. The van der Waals surface area contributed by atoms with Crippen molar-refractivity contribution in [3.63, 3.8) is 0 Å². The molecular weight excluding hydrogens is 477 g/mol. The number of thioether (sulfide) groups is 1. The third-order valence-corrected chi connectivity index (χ3v) is 6.90. The Morgan fingerprint density at radius 3 is 2.52 bits per heavy atom. The van der Waals surface area contributed by atoms with Crippen LogP contribution in [0.4, 0.5) is 0 Å². The number of hydrogen-bond donors (Lipinski definition) is 1. The number of benzene rings is 3. The molecule has 1 aromatic heterocycles. The summed E-state index contributed by atoms with van der Waals surface area (Å²) in [7, 11) is 0. The highest BCUT2D eigenvalue weighted by molar-refractivity contribution is 8.00. The van der Waals surface area contributed by atoms with E-state index in [1.165, 1.54) is 16.3 Å². The summed E-state index contributed by atoms with van der Waals surface area (Å²) >= 11 is 13.5. The largest absolute Gasteiger partial charge is 0.355 e. The molecule has 0 spiro atoms. The second-order valence-corrected chi connectivity index (χ2v) is 9.56. The van der Waals surface area contributed by atoms with Crippen molar-refractivity contribution < 1.29 is 4.79 Å². The highest BCUT2D eigenvalue weighted by Gasteiger charge is 2.20. The van der Waals surface area contributed by atoms with Crippen molar-refractivity contribution in [2.45, 2.75) is 23.8 Å². The van der Waals surface area contributed by atoms with Gasteiger partial charge in [0.1, 0.15) is 0 Å². The summed E-state index contributed by atoms with van der Waals surface area (Å²) in [5.41, 5.74) is 2.02. The molecule has 8 heteroatoms. The molecule has 1 N–H and O–H groups in total. The first-order chi connectivity index (χ1) is 15.9. The molecule has 0 aliphatic rings. The number of carbonyl (C=O) groups is 1. The minimum Gasteiger partial charge on any atom is -0.355 e. The lowest BCUT2D eigenvalue weighted by Gasteiger charge is -2.17. The van der Waals surface area contributed by atoms with Gasteiger partial charge in [-0.2, -0.15) is 0 Å². The van der Waals surface area contributed by atoms with Crippen molar-refractivity contribution >= 4 is 51.8 Å². The molecule has 33 heavy (non-hydrogen) atoms. The molecule has 0 aliphatic carbocycles. The summed E-state index contributed by atoms with van der Waals surface area (Å²) in [4.78, 5) is 30.8. The first-order valence-electron chi connectivity index (χ1n) is 10.4. The SMILES string of the molecule is CC(Sc1nc2ccccc2c(=O)n1-c1ccc(Cl)c(Cl)c1)C(=O)NCCc1ccccc1. The van der Waals surface area contributed by atoms with Crippen LogP contribution in [0.1, 0.15) is 12.5 Å². The van der Waals surface area contributed by atoms with Crippen LogP contribution < -0.4 is 10.9 Å². The number of amides is 1. The van der Waals surface area contributed by atoms with Crippen LogP contribution >= 0.6 is 35.0 Å². The van der Waals surface area contributed by atoms with Crippen molar-refractivity contribution in [2.24, 2.45) is 0 Å². The predicted molar refractivity (Wildman–Crippen MR) is 136 cm³/mol. The first kappa shape index (κ1) is 23.4. The zero-order valence-corrected chi connectivity index (χ0v) is 20.1. The molecule has 4 rings (SSSR count). The molecule has 0 aliphatic heterocycles. The standard InChI is InChI=1S/C25H21Cl2N3O2S/c1-16(23(31)28-14-13-17-7-3-2-4-8-17)33-25-29-22-10-6-5-9-19(22)24(32)30(25)18-11-12-20(26)21(27)15-18/h2-12,15-16H,13-14H2,1H3,(H,28,31). The van der Waals surface area contributed by atoms with Crippen molar-refractivity contribution in [3.8, 4) is 5.69 Å². The molecule has 0 radical (unpaired) electrons. The van der Waals surface area contributed by atoms with Gasteiger partial charge in [-0.3, -0.25) is 14.2 Å². The highest BCUT2D eigenvalue weighted by atomic mass is 35.5. The lowest BCUT2D eigenvalue weighted by Crippen LogP contribution is -2.33. The number of hydrogen-bond acceptors (Lipinski definition) is 4. The summed E-state index contributed by atoms with van der Waals surface area (Å²) in [6, 6.07) is 22.1. The van der Waals surface area contributed by atoms with E-state index in [0.717, 1.165) is 12.0 Å². The number of rotatable bonds is 7. The van der Waals surface area contributed by atoms with Crippen LogP contribution in [0.2, 0.25) is 10.0 Å². The van der Waals surface area contributed by atoms with Gasteiger partial charge in [-0.15, -0.1) is 0 Å². The van der Waals surface area contributed by atoms with Gasteiger partial charge in [0.05, 0.1) is 31.9 Å². The fraction of sp³-hybridized carbons (Fsp3) is 0.160. The van der Waals surface area contributed by atoms with E-state index in [0.29, 0.717) is 38.3 Å². The van der Waals surface area contributed by atoms with Crippen LogP contribution in [0, 0.1) is 0 Å². The fourth-order valence-electron chi connectivity index (χ4n) is 3.37. The van der Waals surface area contributed by atoms with E-state index in [2.05, 4.69) is 10.3 Å². The lowest BCUT2D eigenvalue weighted by molar-refractivity contribution is -0.120. The fourth-order valence-corrected chi connectivity index (χ4v) is 4.62. The van der Waals surface area contributed by atoms with Gasteiger partial charge in [-0.05, 0) is 49.2 Å². The predicted octanol–water partition coefficient (Wildman–Crippen LogP) is 5.53. The monoisotopic (exact) mass is 497 g/mol. The molecule has 1 heterocycles. The normalized spacial score (nSPS) is 12.0. The van der Waals surface area contributed by atoms with Crippen LogP contribution in [-0.2, 0) is 11.2 Å². The van der Waals surface area contributed by atoms with E-state index >= 15 is 0 Å². The van der Waals surface area contributed by atoms with Gasteiger partial charge in [-0.1, -0.05) is 77.4 Å². The number of para-hydroxylation sites is 1. The molecule has 1 atom stereocenters. The van der Waals surface area contributed by atoms with Gasteiger partial charge in [0.25, 0.3) is 5.56 Å². The maximum Gasteiger partial charge on any atom is 0.266 e. The second-order valence-electron chi connectivity index (χ2n) is 7.44. The summed E-state index contributed by atoms with van der Waals surface area (Å²) < 4.78 is 1.48. The van der Waals surface area contributed by atoms with E-state index in [1.807, 2.05) is 36.4 Å². The molecule has 0 saturated carbocycles. The van der Waals surface area contributed by atoms with E-state index in [9.17, 15) is 9.59 Å². The van der Waals surface area contributed by atoms with Gasteiger partial charge in [-0.25, -0.2) is 4.98 Å². The summed E-state index contributed by atoms with van der Waals surface area (Å²) in [5.74, 6) is -0.126. The van der Waals surface area contributed by atoms with Crippen LogP contribution in [0.15, 0.2) is 82.7 Å². The first-order valence-corrected chi connectivity index (χ1v) is 12.0. The Morgan fingerprint density at radius 1 is 1.03 bits per heavy atom. The van der Waals surface area contributed by atoms with Crippen LogP contribution in [0.25, 0.3) is 16.6 Å². The quantitative estimate of drug-likeness (QED) is 0.269. The molecule has 0 bridgehead atoms. The molecule has 0 saturated heterocycles. The molecule has 3 aromatic carbocycles. The van der Waals surface area contributed by atoms with Crippen molar-refractivity contribution in [1.29, 1.82) is 0 Å². The zero-order chi connectivity index (χ0) is 23.4. The number of carbonyl (C=O) groups excluding carboxylic acids is 1. The summed E-state index contributed by atoms with van der Waals surface area (Å²) in [6.07, 6.45) is 0.742. The van der Waals surface area contributed by atoms with E-state index < -0.39 is 5.25 Å². The van der Waals surface area contributed by atoms with Crippen LogP contribution in [0.3, 0.4) is 0 Å². The minimum atomic E-state index is -0.470. The van der Waals surface area contributed by atoms with E-state index in [-0.39, 0.29) is 11.5 Å². The summed E-state index contributed by atoms with van der Waals surface area (Å²) in [5, 5.41) is 4.10. The lowest BCUT2D eigenvalue weighted by atomic mass is 10.1. The van der Waals surface area contributed by atoms with E-state index in [4.69, 9.17) is 23.2 Å². The molecule has 0 fully saturated rings. The maximum absolute atomic E-state index is 13.4. The Balaban J connectivity index is 1.61. The molecule has 1 amide bonds. The maximum atomic E-state index is 13.4. The van der Waals surface area contributed by atoms with Crippen molar-refractivity contribution in [2.75, 3.05) is 6.54 Å². The van der Waals surface area contributed by atoms with Crippen LogP contribution in [0.5, 0.6) is 0 Å². The second kappa shape index (κ2) is 10.4. The number of nitrogens with zero attached hydrogens (tertiary/aromatic N) is 2. The zero-order valence-electron chi connectivity index (χ0n) is 17.8. The molecule has 168 valence electrons. The molecule has 5 nitrogen and oxygen atoms in total. The smallest absolute Gasteiger partial charge is 0.266 e. The third kappa shape index (κ3) is 5.41. The molecular formula is C25H21Cl2N3O2S. The Hall–Kier alpha value is -2.80. The van der Waals surface area contributed by atoms with Gasteiger partial charge in [0, 0.05) is 6.54 Å². The Morgan fingerprint density at radius 2 is 1.76 bits per heavy atom. The van der Waals surface area contributed by atoms with Gasteiger partial charge in [0.2, 0.25) is 5.91 Å². The molecule has 1 unspecified atom stereocenters. The average molecular weight is 498 g/mol. The molecule has 4 aromatic rings. The Labute approximate surface area is 205 Å². The number of halogens is 2. The van der Waals surface area contributed by atoms with E-state index in [1.54, 1.807) is 43.3 Å². The van der Waals surface area contributed by atoms with Crippen molar-refractivity contribution in [3.05, 3.63) is 98.8 Å². The Bertz CT molecular complexity index is 1360. The summed E-state index contributed by atoms with van der Waals surface area (Å²) in [6.45, 7) is 2.32. The van der Waals surface area contributed by atoms with Crippen molar-refractivity contribution in [1.82, 2.24) is 14.9 Å². The van der Waals surface area contributed by atoms with Crippen LogP contribution in [-0.4, -0.2) is 27.3 Å². The minimum absolute atomic E-state index is 0.126. The Kier molecular flexibility index (Phi) is 7.38. The highest BCUT2D eigenvalue weighted by Crippen LogP contribution is 2.28. The van der Waals surface area contributed by atoms with Gasteiger partial charge >= 0.3 is 0 Å². The van der Waals surface area contributed by atoms with Gasteiger partial charge in [0.15, 0.2) is 5.16 Å². The number of aromatic nitrogens is 2. The number of fused-ring (bicyclic) bond motifs is 1. The third-order valence-electron chi connectivity index (χ3n) is 5.11. The average Bonchev–Trinajstić information content (AvgIpc) is 2.82.